The van der Waals surface area contributed by atoms with Crippen molar-refractivity contribution in [3.8, 4) is 0 Å². The van der Waals surface area contributed by atoms with Crippen LogP contribution in [0.25, 0.3) is 0 Å². The maximum Gasteiger partial charge on any atom is 0.187 e. The van der Waals surface area contributed by atoms with Crippen molar-refractivity contribution in [2.45, 2.75) is 62.0 Å². The van der Waals surface area contributed by atoms with E-state index in [4.69, 9.17) is 24.1 Å². The molecular weight excluding hydrogens is 300 g/mol. The Morgan fingerprint density at radius 2 is 1.45 bits per heavy atom. The van der Waals surface area contributed by atoms with E-state index < -0.39 is 54.8 Å². The van der Waals surface area contributed by atoms with Crippen molar-refractivity contribution in [1.29, 1.82) is 0 Å². The summed E-state index contributed by atoms with van der Waals surface area (Å²) in [6.45, 7) is 2.02. The van der Waals surface area contributed by atoms with E-state index in [2.05, 4.69) is 0 Å². The van der Waals surface area contributed by atoms with Crippen LogP contribution in [-0.2, 0) is 18.9 Å². The molecule has 0 spiro atoms. The minimum atomic E-state index is -1.66. The lowest BCUT2D eigenvalue weighted by molar-refractivity contribution is -0.205. The van der Waals surface area contributed by atoms with Crippen LogP contribution in [0.3, 0.4) is 0 Å². The Kier molecular flexibility index (Phi) is 5.12. The predicted molar refractivity (Wildman–Crippen MR) is 70.6 cm³/mol. The maximum atomic E-state index is 10.2. The number of ether oxygens (including phenoxy) is 4. The first-order valence-electron chi connectivity index (χ1n) is 7.03. The monoisotopic (exact) mass is 324 g/mol. The molecule has 0 aromatic rings. The fourth-order valence-electron chi connectivity index (χ4n) is 2.61. The normalized spacial score (nSPS) is 52.4. The Labute approximate surface area is 128 Å². The van der Waals surface area contributed by atoms with Gasteiger partial charge in [0.25, 0.3) is 0 Å². The quantitative estimate of drug-likeness (QED) is 0.366. The average Bonchev–Trinajstić information content (AvgIpc) is 2.81. The van der Waals surface area contributed by atoms with E-state index in [1.165, 1.54) is 21.0 Å². The molecule has 0 aliphatic carbocycles. The first kappa shape index (κ1) is 18.0. The van der Waals surface area contributed by atoms with Gasteiger partial charge >= 0.3 is 0 Å². The van der Waals surface area contributed by atoms with Crippen LogP contribution in [-0.4, -0.2) is 94.1 Å². The molecule has 0 radical (unpaired) electrons. The molecule has 9 heteroatoms. The molecule has 0 amide bonds. The van der Waals surface area contributed by atoms with Gasteiger partial charge in [0.15, 0.2) is 12.6 Å². The molecule has 2 aliphatic rings. The number of hydrogen-bond donors (Lipinski definition) is 5. The highest BCUT2D eigenvalue weighted by Crippen LogP contribution is 2.34. The standard InChI is InChI=1S/C13H24O9/c1-12(17)6(4-14)21-11(9(12)16)20-5-7-13(2,18)8(15)10(19-3)22-7/h6-11,14-18H,4-5H2,1-3H3/t6-,7-,8?,9?,10+,11+,12-,13-/m1/s1. The molecule has 2 rings (SSSR count). The minimum Gasteiger partial charge on any atom is -0.394 e. The van der Waals surface area contributed by atoms with Crippen LogP contribution >= 0.6 is 0 Å². The highest BCUT2D eigenvalue weighted by atomic mass is 16.7. The first-order chi connectivity index (χ1) is 10.2. The van der Waals surface area contributed by atoms with Gasteiger partial charge in [-0.25, -0.2) is 0 Å². The van der Waals surface area contributed by atoms with Gasteiger partial charge in [-0.2, -0.15) is 0 Å². The molecule has 2 unspecified atom stereocenters. The molecule has 0 aromatic heterocycles. The largest absolute Gasteiger partial charge is 0.394 e. The van der Waals surface area contributed by atoms with Gasteiger partial charge in [0, 0.05) is 7.11 Å². The summed E-state index contributed by atoms with van der Waals surface area (Å²) >= 11 is 0. The summed E-state index contributed by atoms with van der Waals surface area (Å²) < 4.78 is 20.8. The van der Waals surface area contributed by atoms with E-state index in [0.29, 0.717) is 0 Å². The zero-order valence-electron chi connectivity index (χ0n) is 12.7. The Hall–Kier alpha value is -0.360. The second-order valence-corrected chi connectivity index (χ2v) is 6.08. The molecule has 2 aliphatic heterocycles. The van der Waals surface area contributed by atoms with Crippen LogP contribution in [0.15, 0.2) is 0 Å². The fourth-order valence-corrected chi connectivity index (χ4v) is 2.61. The first-order valence-corrected chi connectivity index (χ1v) is 7.03. The van der Waals surface area contributed by atoms with Crippen molar-refractivity contribution in [3.05, 3.63) is 0 Å². The SMILES string of the molecule is CO[C@H]1O[C@H](CO[C@H]2O[C@H](CO)[C@@](C)(O)C2O)[C@@](C)(O)C1O. The lowest BCUT2D eigenvalue weighted by atomic mass is 9.95. The summed E-state index contributed by atoms with van der Waals surface area (Å²) in [5.41, 5.74) is -3.27. The molecule has 2 heterocycles. The van der Waals surface area contributed by atoms with Crippen molar-refractivity contribution < 1.29 is 44.5 Å². The van der Waals surface area contributed by atoms with Crippen molar-refractivity contribution >= 4 is 0 Å². The van der Waals surface area contributed by atoms with Gasteiger partial charge in [-0.15, -0.1) is 0 Å². The van der Waals surface area contributed by atoms with Crippen LogP contribution in [0, 0.1) is 0 Å². The van der Waals surface area contributed by atoms with Crippen LogP contribution in [0.4, 0.5) is 0 Å². The molecule has 22 heavy (non-hydrogen) atoms. The van der Waals surface area contributed by atoms with Crippen molar-refractivity contribution in [2.75, 3.05) is 20.3 Å². The van der Waals surface area contributed by atoms with Crippen LogP contribution in [0.5, 0.6) is 0 Å². The van der Waals surface area contributed by atoms with E-state index in [0.717, 1.165) is 0 Å². The molecule has 130 valence electrons. The molecule has 8 atom stereocenters. The number of hydrogen-bond acceptors (Lipinski definition) is 9. The number of aliphatic hydroxyl groups excluding tert-OH is 3. The van der Waals surface area contributed by atoms with Gasteiger partial charge in [0.2, 0.25) is 0 Å². The molecule has 2 fully saturated rings. The van der Waals surface area contributed by atoms with Crippen LogP contribution < -0.4 is 0 Å². The lowest BCUT2D eigenvalue weighted by Gasteiger charge is -2.28. The van der Waals surface area contributed by atoms with Gasteiger partial charge < -0.3 is 44.5 Å². The topological polar surface area (TPSA) is 138 Å². The smallest absolute Gasteiger partial charge is 0.187 e. The van der Waals surface area contributed by atoms with Gasteiger partial charge in [0.1, 0.15) is 35.6 Å². The summed E-state index contributed by atoms with van der Waals surface area (Å²) in [4.78, 5) is 0. The van der Waals surface area contributed by atoms with Gasteiger partial charge in [-0.3, -0.25) is 0 Å². The molecule has 5 N–H and O–H groups in total. The minimum absolute atomic E-state index is 0.208. The third-order valence-electron chi connectivity index (χ3n) is 4.42. The van der Waals surface area contributed by atoms with Gasteiger partial charge in [-0.05, 0) is 13.8 Å². The second kappa shape index (κ2) is 6.27. The molecule has 0 bridgehead atoms. The van der Waals surface area contributed by atoms with E-state index in [1.54, 1.807) is 0 Å². The molecule has 9 nitrogen and oxygen atoms in total. The molecule has 2 saturated heterocycles. The number of methoxy groups -OCH3 is 1. The van der Waals surface area contributed by atoms with E-state index in [9.17, 15) is 20.4 Å². The van der Waals surface area contributed by atoms with Crippen molar-refractivity contribution in [1.82, 2.24) is 0 Å². The van der Waals surface area contributed by atoms with Crippen LogP contribution in [0.2, 0.25) is 0 Å². The summed E-state index contributed by atoms with van der Waals surface area (Å²) in [6, 6.07) is 0. The lowest BCUT2D eigenvalue weighted by Crippen LogP contribution is -2.49. The van der Waals surface area contributed by atoms with Gasteiger partial charge in [-0.1, -0.05) is 0 Å². The number of aliphatic hydroxyl groups is 5. The summed E-state index contributed by atoms with van der Waals surface area (Å²) in [6.07, 6.45) is -6.72. The zero-order chi connectivity index (χ0) is 16.7. The maximum absolute atomic E-state index is 10.2. The Balaban J connectivity index is 1.96. The van der Waals surface area contributed by atoms with E-state index in [1.807, 2.05) is 0 Å². The highest BCUT2D eigenvalue weighted by molar-refractivity contribution is 5.00. The van der Waals surface area contributed by atoms with E-state index in [-0.39, 0.29) is 6.61 Å². The zero-order valence-corrected chi connectivity index (χ0v) is 12.7. The van der Waals surface area contributed by atoms with E-state index >= 15 is 0 Å². The van der Waals surface area contributed by atoms with Gasteiger partial charge in [0.05, 0.1) is 13.2 Å². The van der Waals surface area contributed by atoms with Crippen molar-refractivity contribution in [2.24, 2.45) is 0 Å². The Morgan fingerprint density at radius 3 is 1.91 bits per heavy atom. The third kappa shape index (κ3) is 2.88. The second-order valence-electron chi connectivity index (χ2n) is 6.08. The number of rotatable bonds is 5. The Bertz CT molecular complexity index is 386. The predicted octanol–water partition coefficient (Wildman–Crippen LogP) is -2.68. The third-order valence-corrected chi connectivity index (χ3v) is 4.42. The molecule has 0 aromatic carbocycles. The Morgan fingerprint density at radius 1 is 0.955 bits per heavy atom. The summed E-state index contributed by atoms with van der Waals surface area (Å²) in [7, 11) is 1.33. The highest BCUT2D eigenvalue weighted by Gasteiger charge is 2.55. The fraction of sp³-hybridized carbons (Fsp3) is 1.00. The molecule has 0 saturated carbocycles. The average molecular weight is 324 g/mol. The van der Waals surface area contributed by atoms with Crippen molar-refractivity contribution in [3.63, 3.8) is 0 Å². The molecular formula is C13H24O9. The summed E-state index contributed by atoms with van der Waals surface area (Å²) in [5, 5.41) is 49.3. The van der Waals surface area contributed by atoms with Crippen LogP contribution in [0.1, 0.15) is 13.8 Å². The summed E-state index contributed by atoms with van der Waals surface area (Å²) in [5.74, 6) is 0.